The highest BCUT2D eigenvalue weighted by Crippen LogP contribution is 2.60. The van der Waals surface area contributed by atoms with Crippen LogP contribution in [0.25, 0.3) is 0 Å². The predicted octanol–water partition coefficient (Wildman–Crippen LogP) is 1.35. The highest BCUT2D eigenvalue weighted by molar-refractivity contribution is 5.97. The summed E-state index contributed by atoms with van der Waals surface area (Å²) in [6.45, 7) is 0.685. The fourth-order valence-corrected chi connectivity index (χ4v) is 6.37. The van der Waals surface area contributed by atoms with Gasteiger partial charge in [-0.05, 0) is 74.3 Å². The molecule has 1 aromatic heterocycles. The molecule has 5 fully saturated rings. The fourth-order valence-electron chi connectivity index (χ4n) is 6.37. The van der Waals surface area contributed by atoms with Crippen molar-refractivity contribution in [2.24, 2.45) is 23.2 Å². The third kappa shape index (κ3) is 2.45. The first-order valence-corrected chi connectivity index (χ1v) is 9.48. The molecule has 1 atom stereocenters. The summed E-state index contributed by atoms with van der Waals surface area (Å²) in [6.07, 6.45) is 8.63. The van der Waals surface area contributed by atoms with Gasteiger partial charge in [0.2, 0.25) is 11.8 Å². The highest BCUT2D eigenvalue weighted by Gasteiger charge is 2.56. The minimum Gasteiger partial charge on any atom is -0.330 e. The van der Waals surface area contributed by atoms with E-state index in [0.717, 1.165) is 43.4 Å². The number of anilines is 1. The fraction of sp³-hybridized carbons (Fsp3) is 0.824. The lowest BCUT2D eigenvalue weighted by Crippen LogP contribution is -2.56. The number of carbonyl (C=O) groups is 2. The minimum atomic E-state index is -0.404. The van der Waals surface area contributed by atoms with Crippen LogP contribution in [0.5, 0.6) is 0 Å². The zero-order valence-corrected chi connectivity index (χ0v) is 14.3. The Kier molecular flexibility index (Phi) is 3.36. The Bertz CT molecular complexity index is 652. The van der Waals surface area contributed by atoms with Crippen molar-refractivity contribution in [3.63, 3.8) is 0 Å². The monoisotopic (exact) mass is 344 g/mol. The second-order valence-electron chi connectivity index (χ2n) is 8.58. The Morgan fingerprint density at radius 3 is 2.40 bits per heavy atom. The van der Waals surface area contributed by atoms with Gasteiger partial charge in [-0.3, -0.25) is 14.9 Å². The van der Waals surface area contributed by atoms with Crippen LogP contribution in [-0.4, -0.2) is 49.9 Å². The van der Waals surface area contributed by atoms with Crippen molar-refractivity contribution in [1.82, 2.24) is 25.5 Å². The number of nitrogens with zero attached hydrogens (tertiary/aromatic N) is 4. The lowest BCUT2D eigenvalue weighted by Gasteiger charge is -2.56. The Hall–Kier alpha value is -1.99. The first kappa shape index (κ1) is 15.3. The van der Waals surface area contributed by atoms with E-state index >= 15 is 0 Å². The average Bonchev–Trinajstić information content (AvgIpc) is 3.24. The van der Waals surface area contributed by atoms with Crippen molar-refractivity contribution < 1.29 is 9.59 Å². The van der Waals surface area contributed by atoms with Crippen LogP contribution in [0, 0.1) is 23.2 Å². The smallest absolute Gasteiger partial charge is 0.269 e. The van der Waals surface area contributed by atoms with Gasteiger partial charge in [0.15, 0.2) is 0 Å². The average molecular weight is 344 g/mol. The van der Waals surface area contributed by atoms with Crippen LogP contribution in [0.15, 0.2) is 0 Å². The molecule has 0 radical (unpaired) electrons. The van der Waals surface area contributed by atoms with Crippen molar-refractivity contribution in [1.29, 1.82) is 0 Å². The topological polar surface area (TPSA) is 104 Å². The predicted molar refractivity (Wildman–Crippen MR) is 88.1 cm³/mol. The molecule has 2 heterocycles. The number of rotatable bonds is 3. The molecule has 2 amide bonds. The SMILES string of the molecule is O=C(Nc1nn[nH]n1)[C@H]1CCCN1C(=O)C12CC3CC(CC(C3)C1)C2. The molecule has 4 bridgehead atoms. The van der Waals surface area contributed by atoms with E-state index in [2.05, 4.69) is 25.9 Å². The molecule has 0 aromatic carbocycles. The zero-order valence-electron chi connectivity index (χ0n) is 14.3. The molecule has 1 aromatic rings. The Balaban J connectivity index is 1.35. The first-order valence-electron chi connectivity index (χ1n) is 9.48. The molecule has 4 saturated carbocycles. The normalized spacial score (nSPS) is 39.0. The molecule has 8 nitrogen and oxygen atoms in total. The number of aromatic amines is 1. The quantitative estimate of drug-likeness (QED) is 0.861. The Labute approximate surface area is 146 Å². The van der Waals surface area contributed by atoms with Crippen LogP contribution in [0.4, 0.5) is 5.95 Å². The zero-order chi connectivity index (χ0) is 17.0. The third-order valence-corrected chi connectivity index (χ3v) is 6.89. The van der Waals surface area contributed by atoms with Crippen molar-refractivity contribution in [2.75, 3.05) is 11.9 Å². The van der Waals surface area contributed by atoms with E-state index < -0.39 is 6.04 Å². The van der Waals surface area contributed by atoms with Gasteiger partial charge in [-0.25, -0.2) is 0 Å². The Morgan fingerprint density at radius 1 is 1.12 bits per heavy atom. The molecule has 0 spiro atoms. The molecule has 1 saturated heterocycles. The molecular weight excluding hydrogens is 320 g/mol. The number of carbonyl (C=O) groups excluding carboxylic acids is 2. The summed E-state index contributed by atoms with van der Waals surface area (Å²) in [6, 6.07) is -0.404. The highest BCUT2D eigenvalue weighted by atomic mass is 16.2. The van der Waals surface area contributed by atoms with Gasteiger partial charge in [-0.2, -0.15) is 5.21 Å². The van der Waals surface area contributed by atoms with Crippen LogP contribution in [0.3, 0.4) is 0 Å². The first-order chi connectivity index (χ1) is 12.1. The van der Waals surface area contributed by atoms with E-state index in [-0.39, 0.29) is 23.2 Å². The van der Waals surface area contributed by atoms with Crippen LogP contribution < -0.4 is 5.32 Å². The van der Waals surface area contributed by atoms with Crippen LogP contribution in [0.2, 0.25) is 0 Å². The minimum absolute atomic E-state index is 0.166. The summed E-state index contributed by atoms with van der Waals surface area (Å²) in [5.41, 5.74) is -0.191. The second-order valence-corrected chi connectivity index (χ2v) is 8.58. The van der Waals surface area contributed by atoms with Gasteiger partial charge in [-0.1, -0.05) is 5.10 Å². The van der Waals surface area contributed by atoms with Gasteiger partial charge >= 0.3 is 0 Å². The van der Waals surface area contributed by atoms with E-state index in [4.69, 9.17) is 0 Å². The van der Waals surface area contributed by atoms with E-state index in [9.17, 15) is 9.59 Å². The summed E-state index contributed by atoms with van der Waals surface area (Å²) in [5.74, 6) is 2.38. The largest absolute Gasteiger partial charge is 0.330 e. The van der Waals surface area contributed by atoms with Gasteiger partial charge in [0.25, 0.3) is 5.95 Å². The van der Waals surface area contributed by atoms with E-state index in [1.54, 1.807) is 0 Å². The molecular formula is C17H24N6O2. The number of amides is 2. The van der Waals surface area contributed by atoms with Gasteiger partial charge in [-0.15, -0.1) is 5.10 Å². The van der Waals surface area contributed by atoms with Gasteiger partial charge < -0.3 is 4.90 Å². The molecule has 134 valence electrons. The van der Waals surface area contributed by atoms with Crippen molar-refractivity contribution in [3.8, 4) is 0 Å². The maximum Gasteiger partial charge on any atom is 0.269 e. The number of likely N-dealkylation sites (tertiary alicyclic amines) is 1. The summed E-state index contributed by atoms with van der Waals surface area (Å²) in [4.78, 5) is 28.0. The number of nitrogens with one attached hydrogen (secondary N) is 2. The van der Waals surface area contributed by atoms with Crippen LogP contribution in [0.1, 0.15) is 51.4 Å². The molecule has 25 heavy (non-hydrogen) atoms. The van der Waals surface area contributed by atoms with Gasteiger partial charge in [0, 0.05) is 6.54 Å². The van der Waals surface area contributed by atoms with E-state index in [1.165, 1.54) is 19.3 Å². The van der Waals surface area contributed by atoms with E-state index in [0.29, 0.717) is 13.0 Å². The molecule has 6 rings (SSSR count). The molecule has 4 aliphatic carbocycles. The molecule has 2 N–H and O–H groups in total. The van der Waals surface area contributed by atoms with Gasteiger partial charge in [0.1, 0.15) is 6.04 Å². The molecule has 0 unspecified atom stereocenters. The number of hydrogen-bond donors (Lipinski definition) is 2. The van der Waals surface area contributed by atoms with E-state index in [1.807, 2.05) is 4.90 Å². The summed E-state index contributed by atoms with van der Waals surface area (Å²) >= 11 is 0. The number of H-pyrrole nitrogens is 1. The molecule has 1 aliphatic heterocycles. The van der Waals surface area contributed by atoms with Gasteiger partial charge in [0.05, 0.1) is 5.41 Å². The summed E-state index contributed by atoms with van der Waals surface area (Å²) in [5, 5.41) is 16.0. The number of hydrogen-bond acceptors (Lipinski definition) is 5. The summed E-state index contributed by atoms with van der Waals surface area (Å²) < 4.78 is 0. The van der Waals surface area contributed by atoms with Crippen molar-refractivity contribution in [3.05, 3.63) is 0 Å². The lowest BCUT2D eigenvalue weighted by molar-refractivity contribution is -0.160. The van der Waals surface area contributed by atoms with Crippen LogP contribution in [-0.2, 0) is 9.59 Å². The standard InChI is InChI=1S/C17H24N6O2/c24-14(18-16-19-21-22-20-16)13-2-1-3-23(13)15(25)17-7-10-4-11(8-17)6-12(5-10)9-17/h10-13H,1-9H2,(H2,18,19,20,21,22,24)/t10?,11?,12?,13-,17?/m1/s1. The van der Waals surface area contributed by atoms with Crippen molar-refractivity contribution in [2.45, 2.75) is 57.4 Å². The molecule has 5 aliphatic rings. The summed E-state index contributed by atoms with van der Waals surface area (Å²) in [7, 11) is 0. The number of tetrazole rings is 1. The lowest BCUT2D eigenvalue weighted by atomic mass is 9.49. The maximum atomic E-state index is 13.5. The van der Waals surface area contributed by atoms with Crippen LogP contribution >= 0.6 is 0 Å². The van der Waals surface area contributed by atoms with Crippen molar-refractivity contribution >= 4 is 17.8 Å². The maximum absolute atomic E-state index is 13.5. The third-order valence-electron chi connectivity index (χ3n) is 6.89. The Morgan fingerprint density at radius 2 is 1.80 bits per heavy atom. The molecule has 8 heteroatoms. The second kappa shape index (κ2) is 5.51. The number of aromatic nitrogens is 4.